The van der Waals surface area contributed by atoms with Crippen molar-refractivity contribution in [3.8, 4) is 11.5 Å². The van der Waals surface area contributed by atoms with Gasteiger partial charge in [-0.05, 0) is 31.5 Å². The van der Waals surface area contributed by atoms with Gasteiger partial charge in [0.1, 0.15) is 0 Å². The van der Waals surface area contributed by atoms with Gasteiger partial charge in [-0.25, -0.2) is 0 Å². The van der Waals surface area contributed by atoms with Gasteiger partial charge in [0.2, 0.25) is 0 Å². The summed E-state index contributed by atoms with van der Waals surface area (Å²) in [4.78, 5) is 0. The van der Waals surface area contributed by atoms with E-state index in [-0.39, 0.29) is 6.10 Å². The zero-order valence-electron chi connectivity index (χ0n) is 13.0. The molecule has 1 aromatic carbocycles. The van der Waals surface area contributed by atoms with Gasteiger partial charge in [-0.15, -0.1) is 0 Å². The minimum Gasteiger partial charge on any atom is -0.490 e. The maximum atomic E-state index is 9.25. The van der Waals surface area contributed by atoms with Crippen LogP contribution in [0.25, 0.3) is 0 Å². The number of ether oxygens (including phenoxy) is 2. The van der Waals surface area contributed by atoms with E-state index in [4.69, 9.17) is 9.47 Å². The van der Waals surface area contributed by atoms with Crippen molar-refractivity contribution in [1.29, 1.82) is 0 Å². The van der Waals surface area contributed by atoms with Crippen LogP contribution in [0.4, 0.5) is 0 Å². The second-order valence-corrected chi connectivity index (χ2v) is 5.24. The molecule has 114 valence electrons. The fourth-order valence-corrected chi connectivity index (χ4v) is 1.71. The Hall–Kier alpha value is -1.26. The third-order valence-electron chi connectivity index (χ3n) is 2.82. The molecule has 0 saturated carbocycles. The summed E-state index contributed by atoms with van der Waals surface area (Å²) >= 11 is 0. The number of hydrogen-bond acceptors (Lipinski definition) is 4. The monoisotopic (exact) mass is 281 g/mol. The van der Waals surface area contributed by atoms with Crippen molar-refractivity contribution >= 4 is 0 Å². The average molecular weight is 281 g/mol. The lowest BCUT2D eigenvalue weighted by Crippen LogP contribution is -2.21. The van der Waals surface area contributed by atoms with E-state index < -0.39 is 0 Å². The maximum absolute atomic E-state index is 9.25. The van der Waals surface area contributed by atoms with Gasteiger partial charge in [-0.1, -0.05) is 19.9 Å². The minimum absolute atomic E-state index is 0.347. The lowest BCUT2D eigenvalue weighted by molar-refractivity contribution is 0.153. The van der Waals surface area contributed by atoms with E-state index in [9.17, 15) is 5.11 Å². The zero-order valence-corrected chi connectivity index (χ0v) is 13.0. The molecule has 0 bridgehead atoms. The highest BCUT2D eigenvalue weighted by atomic mass is 16.5. The van der Waals surface area contributed by atoms with E-state index in [1.165, 1.54) is 5.56 Å². The first kappa shape index (κ1) is 16.8. The van der Waals surface area contributed by atoms with Crippen LogP contribution in [0.5, 0.6) is 11.5 Å². The summed E-state index contributed by atoms with van der Waals surface area (Å²) < 4.78 is 11.3. The van der Waals surface area contributed by atoms with E-state index in [0.29, 0.717) is 25.7 Å². The maximum Gasteiger partial charge on any atom is 0.161 e. The van der Waals surface area contributed by atoms with Gasteiger partial charge < -0.3 is 19.9 Å². The topological polar surface area (TPSA) is 50.7 Å². The standard InChI is InChI=1S/C16H27NO3/c1-5-19-16-10-14(11-17-12(2)3)6-7-15(16)20-9-8-13(4)18/h6-7,10,12-13,17-18H,5,8-9,11H2,1-4H3. The zero-order chi connectivity index (χ0) is 15.0. The van der Waals surface area contributed by atoms with Gasteiger partial charge in [0.05, 0.1) is 19.3 Å². The molecule has 0 heterocycles. The molecule has 0 saturated heterocycles. The molecule has 0 spiro atoms. The molecule has 4 heteroatoms. The summed E-state index contributed by atoms with van der Waals surface area (Å²) in [7, 11) is 0. The van der Waals surface area contributed by atoms with E-state index in [1.54, 1.807) is 6.92 Å². The molecule has 1 atom stereocenters. The molecule has 4 nitrogen and oxygen atoms in total. The van der Waals surface area contributed by atoms with Gasteiger partial charge >= 0.3 is 0 Å². The molecule has 1 aromatic rings. The van der Waals surface area contributed by atoms with Crippen LogP contribution in [0.2, 0.25) is 0 Å². The Labute approximate surface area is 122 Å². The molecule has 0 aromatic heterocycles. The molecule has 1 rings (SSSR count). The molecule has 20 heavy (non-hydrogen) atoms. The number of benzene rings is 1. The van der Waals surface area contributed by atoms with Crippen molar-refractivity contribution in [3.05, 3.63) is 23.8 Å². The van der Waals surface area contributed by atoms with Gasteiger partial charge in [0.25, 0.3) is 0 Å². The summed E-state index contributed by atoms with van der Waals surface area (Å²) in [6, 6.07) is 6.43. The van der Waals surface area contributed by atoms with E-state index in [2.05, 4.69) is 19.2 Å². The Bertz CT molecular complexity index is 391. The first-order valence-corrected chi connectivity index (χ1v) is 7.33. The van der Waals surface area contributed by atoms with Gasteiger partial charge in [0.15, 0.2) is 11.5 Å². The lowest BCUT2D eigenvalue weighted by atomic mass is 10.2. The van der Waals surface area contributed by atoms with E-state index in [0.717, 1.165) is 18.0 Å². The quantitative estimate of drug-likeness (QED) is 0.731. The van der Waals surface area contributed by atoms with Gasteiger partial charge in [-0.2, -0.15) is 0 Å². The van der Waals surface area contributed by atoms with Gasteiger partial charge in [0, 0.05) is 19.0 Å². The summed E-state index contributed by atoms with van der Waals surface area (Å²) in [5.41, 5.74) is 1.17. The average Bonchev–Trinajstić information content (AvgIpc) is 2.38. The molecular weight excluding hydrogens is 254 g/mol. The van der Waals surface area contributed by atoms with Crippen molar-refractivity contribution in [2.24, 2.45) is 0 Å². The first-order valence-electron chi connectivity index (χ1n) is 7.33. The SMILES string of the molecule is CCOc1cc(CNC(C)C)ccc1OCCC(C)O. The summed E-state index contributed by atoms with van der Waals surface area (Å²) in [5.74, 6) is 1.50. The lowest BCUT2D eigenvalue weighted by Gasteiger charge is -2.15. The number of rotatable bonds is 9. The first-order chi connectivity index (χ1) is 9.52. The Morgan fingerprint density at radius 1 is 1.15 bits per heavy atom. The van der Waals surface area contributed by atoms with Crippen LogP contribution in [0.15, 0.2) is 18.2 Å². The van der Waals surface area contributed by atoms with Crippen LogP contribution in [0.1, 0.15) is 39.7 Å². The number of aliphatic hydroxyl groups is 1. The predicted octanol–water partition coefficient (Wildman–Crippen LogP) is 2.73. The Morgan fingerprint density at radius 2 is 1.90 bits per heavy atom. The van der Waals surface area contributed by atoms with Crippen molar-refractivity contribution in [2.45, 2.75) is 52.8 Å². The Morgan fingerprint density at radius 3 is 2.50 bits per heavy atom. The third-order valence-corrected chi connectivity index (χ3v) is 2.82. The van der Waals surface area contributed by atoms with Crippen LogP contribution in [0.3, 0.4) is 0 Å². The molecular formula is C16H27NO3. The molecule has 0 radical (unpaired) electrons. The fraction of sp³-hybridized carbons (Fsp3) is 0.625. The highest BCUT2D eigenvalue weighted by Crippen LogP contribution is 2.28. The van der Waals surface area contributed by atoms with Crippen LogP contribution in [0, 0.1) is 0 Å². The molecule has 0 aliphatic carbocycles. The highest BCUT2D eigenvalue weighted by Gasteiger charge is 2.07. The van der Waals surface area contributed by atoms with Gasteiger partial charge in [-0.3, -0.25) is 0 Å². The summed E-state index contributed by atoms with van der Waals surface area (Å²) in [5, 5.41) is 12.6. The molecule has 2 N–H and O–H groups in total. The highest BCUT2D eigenvalue weighted by molar-refractivity contribution is 5.43. The molecule has 1 unspecified atom stereocenters. The van der Waals surface area contributed by atoms with E-state index in [1.807, 2.05) is 25.1 Å². The second kappa shape index (κ2) is 8.82. The number of aliphatic hydroxyl groups excluding tert-OH is 1. The second-order valence-electron chi connectivity index (χ2n) is 5.24. The minimum atomic E-state index is -0.347. The largest absolute Gasteiger partial charge is 0.490 e. The Kier molecular flexibility index (Phi) is 7.41. The van der Waals surface area contributed by atoms with Crippen molar-refractivity contribution in [2.75, 3.05) is 13.2 Å². The molecule has 0 aliphatic heterocycles. The molecule has 0 aliphatic rings. The number of nitrogens with one attached hydrogen (secondary N) is 1. The fourth-order valence-electron chi connectivity index (χ4n) is 1.71. The molecule has 0 amide bonds. The summed E-state index contributed by atoms with van der Waals surface area (Å²) in [6.07, 6.45) is 0.266. The number of hydrogen-bond donors (Lipinski definition) is 2. The summed E-state index contributed by atoms with van der Waals surface area (Å²) in [6.45, 7) is 9.86. The van der Waals surface area contributed by atoms with E-state index >= 15 is 0 Å². The van der Waals surface area contributed by atoms with Crippen molar-refractivity contribution < 1.29 is 14.6 Å². The van der Waals surface area contributed by atoms with Crippen LogP contribution < -0.4 is 14.8 Å². The van der Waals surface area contributed by atoms with Crippen LogP contribution in [-0.2, 0) is 6.54 Å². The Balaban J connectivity index is 2.68. The normalized spacial score (nSPS) is 12.5. The van der Waals surface area contributed by atoms with Crippen LogP contribution in [-0.4, -0.2) is 30.5 Å². The predicted molar refractivity (Wildman–Crippen MR) is 81.4 cm³/mol. The van der Waals surface area contributed by atoms with Crippen LogP contribution >= 0.6 is 0 Å². The van der Waals surface area contributed by atoms with Crippen molar-refractivity contribution in [1.82, 2.24) is 5.32 Å². The van der Waals surface area contributed by atoms with Crippen molar-refractivity contribution in [3.63, 3.8) is 0 Å². The third kappa shape index (κ3) is 6.26. The molecule has 0 fully saturated rings. The smallest absolute Gasteiger partial charge is 0.161 e.